The molecule has 1 atom stereocenters. The molecule has 9 heteroatoms. The molecule has 0 aromatic heterocycles. The molecule has 1 saturated heterocycles. The van der Waals surface area contributed by atoms with Crippen LogP contribution in [0.5, 0.6) is 0 Å². The maximum Gasteiger partial charge on any atom is 0.224 e. The van der Waals surface area contributed by atoms with Gasteiger partial charge in [0.2, 0.25) is 11.8 Å². The normalized spacial score (nSPS) is 18.5. The summed E-state index contributed by atoms with van der Waals surface area (Å²) >= 11 is 0. The van der Waals surface area contributed by atoms with Crippen molar-refractivity contribution in [2.75, 3.05) is 29.5 Å². The summed E-state index contributed by atoms with van der Waals surface area (Å²) in [5.41, 5.74) is -0.0989. The van der Waals surface area contributed by atoms with Gasteiger partial charge in [-0.25, -0.2) is 17.2 Å². The number of benzene rings is 1. The summed E-state index contributed by atoms with van der Waals surface area (Å²) in [5.74, 6) is -2.43. The molecule has 1 aromatic rings. The van der Waals surface area contributed by atoms with Crippen molar-refractivity contribution in [1.82, 2.24) is 4.90 Å². The van der Waals surface area contributed by atoms with Crippen LogP contribution in [0.25, 0.3) is 0 Å². The third-order valence-corrected chi connectivity index (χ3v) is 6.19. The largest absolute Gasteiger partial charge is 0.339 e. The first-order valence-electron chi connectivity index (χ1n) is 8.37. The molecule has 2 rings (SSSR count). The molecule has 1 fully saturated rings. The van der Waals surface area contributed by atoms with Crippen LogP contribution >= 0.6 is 0 Å². The molecule has 0 radical (unpaired) electrons. The van der Waals surface area contributed by atoms with Gasteiger partial charge in [0.25, 0.3) is 0 Å². The number of halogens is 2. The minimum atomic E-state index is -3.13. The Balaban J connectivity index is 2.08. The highest BCUT2D eigenvalue weighted by Gasteiger charge is 2.34. The lowest BCUT2D eigenvalue weighted by molar-refractivity contribution is -0.132. The number of nitrogens with zero attached hydrogens (tertiary/aromatic N) is 2. The number of rotatable bonds is 6. The number of sulfone groups is 1. The van der Waals surface area contributed by atoms with E-state index in [1.165, 1.54) is 11.8 Å². The van der Waals surface area contributed by atoms with E-state index >= 15 is 0 Å². The van der Waals surface area contributed by atoms with Crippen LogP contribution in [0.4, 0.5) is 14.5 Å². The minimum absolute atomic E-state index is 0.0573. The molecular formula is C17H22F2N2O4S. The van der Waals surface area contributed by atoms with Crippen molar-refractivity contribution >= 4 is 27.3 Å². The van der Waals surface area contributed by atoms with Gasteiger partial charge >= 0.3 is 0 Å². The van der Waals surface area contributed by atoms with Crippen LogP contribution < -0.4 is 4.90 Å². The monoisotopic (exact) mass is 388 g/mol. The predicted octanol–water partition coefficient (Wildman–Crippen LogP) is 1.74. The Labute approximate surface area is 151 Å². The number of amides is 2. The topological polar surface area (TPSA) is 74.8 Å². The molecule has 144 valence electrons. The number of anilines is 1. The van der Waals surface area contributed by atoms with Gasteiger partial charge in [-0.05, 0) is 25.5 Å². The SMILES string of the molecule is CCN(C(=O)CCN(C(C)=O)c1ccc(F)cc1F)C1CCS(=O)(=O)C1. The maximum absolute atomic E-state index is 13.9. The first-order valence-corrected chi connectivity index (χ1v) is 10.2. The lowest BCUT2D eigenvalue weighted by Gasteiger charge is -2.28. The van der Waals surface area contributed by atoms with Gasteiger partial charge in [0, 0.05) is 38.5 Å². The predicted molar refractivity (Wildman–Crippen MR) is 93.4 cm³/mol. The third-order valence-electron chi connectivity index (χ3n) is 4.44. The van der Waals surface area contributed by atoms with Gasteiger partial charge in [0.15, 0.2) is 9.84 Å². The van der Waals surface area contributed by atoms with E-state index in [9.17, 15) is 26.8 Å². The van der Waals surface area contributed by atoms with E-state index in [0.717, 1.165) is 17.0 Å². The van der Waals surface area contributed by atoms with E-state index < -0.39 is 27.4 Å². The molecule has 6 nitrogen and oxygen atoms in total. The summed E-state index contributed by atoms with van der Waals surface area (Å²) in [6.07, 6.45) is 0.311. The molecular weight excluding hydrogens is 366 g/mol. The highest BCUT2D eigenvalue weighted by molar-refractivity contribution is 7.91. The van der Waals surface area contributed by atoms with Crippen LogP contribution in [0.15, 0.2) is 18.2 Å². The van der Waals surface area contributed by atoms with Crippen LogP contribution in [0.2, 0.25) is 0 Å². The highest BCUT2D eigenvalue weighted by atomic mass is 32.2. The molecule has 1 aliphatic heterocycles. The summed E-state index contributed by atoms with van der Waals surface area (Å²) in [4.78, 5) is 26.9. The van der Waals surface area contributed by atoms with Gasteiger partial charge in [-0.1, -0.05) is 0 Å². The quantitative estimate of drug-likeness (QED) is 0.744. The molecule has 0 saturated carbocycles. The van der Waals surface area contributed by atoms with Gasteiger partial charge in [0.1, 0.15) is 11.6 Å². The van der Waals surface area contributed by atoms with Crippen molar-refractivity contribution in [2.24, 2.45) is 0 Å². The van der Waals surface area contributed by atoms with Gasteiger partial charge in [0.05, 0.1) is 17.2 Å². The maximum atomic E-state index is 13.9. The second-order valence-corrected chi connectivity index (χ2v) is 8.48. The van der Waals surface area contributed by atoms with Gasteiger partial charge in [-0.15, -0.1) is 0 Å². The van der Waals surface area contributed by atoms with E-state index in [1.807, 2.05) is 0 Å². The van der Waals surface area contributed by atoms with E-state index in [2.05, 4.69) is 0 Å². The Bertz CT molecular complexity index is 798. The zero-order valence-electron chi connectivity index (χ0n) is 14.7. The van der Waals surface area contributed by atoms with Crippen LogP contribution in [-0.2, 0) is 19.4 Å². The molecule has 0 spiro atoms. The molecule has 1 aliphatic rings. The number of carbonyl (C=O) groups is 2. The van der Waals surface area contributed by atoms with Crippen molar-refractivity contribution in [3.05, 3.63) is 29.8 Å². The molecule has 1 aromatic carbocycles. The molecule has 2 amide bonds. The van der Waals surface area contributed by atoms with Crippen LogP contribution in [0.1, 0.15) is 26.7 Å². The summed E-state index contributed by atoms with van der Waals surface area (Å²) in [5, 5.41) is 0. The van der Waals surface area contributed by atoms with Crippen molar-refractivity contribution in [1.29, 1.82) is 0 Å². The zero-order chi connectivity index (χ0) is 19.5. The zero-order valence-corrected chi connectivity index (χ0v) is 15.6. The lowest BCUT2D eigenvalue weighted by Crippen LogP contribution is -2.43. The van der Waals surface area contributed by atoms with Crippen molar-refractivity contribution < 1.29 is 26.8 Å². The van der Waals surface area contributed by atoms with E-state index in [1.54, 1.807) is 6.92 Å². The Kier molecular flexibility index (Phi) is 6.33. The van der Waals surface area contributed by atoms with Gasteiger partial charge in [-0.2, -0.15) is 0 Å². The number of hydrogen-bond acceptors (Lipinski definition) is 4. The summed E-state index contributed by atoms with van der Waals surface area (Å²) < 4.78 is 50.3. The average molecular weight is 388 g/mol. The van der Waals surface area contributed by atoms with Crippen LogP contribution in [0, 0.1) is 11.6 Å². The van der Waals surface area contributed by atoms with Crippen LogP contribution in [-0.4, -0.2) is 55.8 Å². The minimum Gasteiger partial charge on any atom is -0.339 e. The average Bonchev–Trinajstić information content (AvgIpc) is 2.89. The number of hydrogen-bond donors (Lipinski definition) is 0. The standard InChI is InChI=1S/C17H22F2N2O4S/c1-3-20(14-7-9-26(24,25)11-14)17(23)6-8-21(12(2)22)16-5-4-13(18)10-15(16)19/h4-5,10,14H,3,6-9,11H2,1-2H3. The second-order valence-electron chi connectivity index (χ2n) is 6.25. The fraction of sp³-hybridized carbons (Fsp3) is 0.529. The Morgan fingerprint density at radius 3 is 2.46 bits per heavy atom. The molecule has 1 heterocycles. The molecule has 26 heavy (non-hydrogen) atoms. The first-order chi connectivity index (χ1) is 12.1. The van der Waals surface area contributed by atoms with E-state index in [-0.39, 0.29) is 42.1 Å². The van der Waals surface area contributed by atoms with Gasteiger partial charge in [-0.3, -0.25) is 9.59 Å². The third kappa shape index (κ3) is 4.78. The molecule has 0 aliphatic carbocycles. The molecule has 0 N–H and O–H groups in total. The number of carbonyl (C=O) groups excluding carboxylic acids is 2. The fourth-order valence-electron chi connectivity index (χ4n) is 3.16. The van der Waals surface area contributed by atoms with Crippen LogP contribution in [0.3, 0.4) is 0 Å². The molecule has 0 bridgehead atoms. The lowest BCUT2D eigenvalue weighted by atomic mass is 10.2. The summed E-state index contributed by atoms with van der Waals surface area (Å²) in [6.45, 7) is 3.26. The summed E-state index contributed by atoms with van der Waals surface area (Å²) in [6, 6.07) is 2.50. The Hall–Kier alpha value is -2.03. The first kappa shape index (κ1) is 20.3. The fourth-order valence-corrected chi connectivity index (χ4v) is 4.89. The smallest absolute Gasteiger partial charge is 0.224 e. The summed E-state index contributed by atoms with van der Waals surface area (Å²) in [7, 11) is -3.13. The Morgan fingerprint density at radius 2 is 1.96 bits per heavy atom. The molecule has 1 unspecified atom stereocenters. The van der Waals surface area contributed by atoms with Crippen molar-refractivity contribution in [3.63, 3.8) is 0 Å². The van der Waals surface area contributed by atoms with E-state index in [0.29, 0.717) is 19.0 Å². The van der Waals surface area contributed by atoms with Crippen molar-refractivity contribution in [2.45, 2.75) is 32.7 Å². The van der Waals surface area contributed by atoms with E-state index in [4.69, 9.17) is 0 Å². The van der Waals surface area contributed by atoms with Gasteiger partial charge < -0.3 is 9.80 Å². The Morgan fingerprint density at radius 1 is 1.27 bits per heavy atom. The highest BCUT2D eigenvalue weighted by Crippen LogP contribution is 2.22. The van der Waals surface area contributed by atoms with Crippen molar-refractivity contribution in [3.8, 4) is 0 Å². The second kappa shape index (κ2) is 8.11.